The molecule has 0 aliphatic carbocycles. The van der Waals surface area contributed by atoms with E-state index in [4.69, 9.17) is 9.15 Å². The molecule has 88 valence electrons. The van der Waals surface area contributed by atoms with Crippen molar-refractivity contribution in [3.63, 3.8) is 0 Å². The highest BCUT2D eigenvalue weighted by molar-refractivity contribution is 5.22. The Morgan fingerprint density at radius 1 is 1.38 bits per heavy atom. The van der Waals surface area contributed by atoms with Crippen molar-refractivity contribution in [2.75, 3.05) is 26.3 Å². The van der Waals surface area contributed by atoms with Gasteiger partial charge in [0.1, 0.15) is 11.5 Å². The Balaban J connectivity index is 1.87. The number of rotatable bonds is 2. The molecule has 0 saturated carbocycles. The summed E-state index contributed by atoms with van der Waals surface area (Å²) < 4.78 is 11.3. The number of aryl methyl sites for hydroxylation is 1. The summed E-state index contributed by atoms with van der Waals surface area (Å²) in [6.45, 7) is 5.92. The quantitative estimate of drug-likeness (QED) is 0.827. The predicted octanol–water partition coefficient (Wildman–Crippen LogP) is 1.86. The summed E-state index contributed by atoms with van der Waals surface area (Å²) in [5, 5.41) is 3.49. The Labute approximate surface area is 96.2 Å². The average molecular weight is 221 g/mol. The van der Waals surface area contributed by atoms with Gasteiger partial charge in [-0.3, -0.25) is 0 Å². The molecule has 3 rings (SSSR count). The van der Waals surface area contributed by atoms with Crippen molar-refractivity contribution in [2.24, 2.45) is 5.92 Å². The largest absolute Gasteiger partial charge is 0.466 e. The summed E-state index contributed by atoms with van der Waals surface area (Å²) in [5.74, 6) is 2.80. The first-order valence-electron chi connectivity index (χ1n) is 6.17. The Morgan fingerprint density at radius 3 is 2.75 bits per heavy atom. The van der Waals surface area contributed by atoms with E-state index in [0.29, 0.717) is 5.92 Å². The van der Waals surface area contributed by atoms with Crippen LogP contribution < -0.4 is 5.32 Å². The van der Waals surface area contributed by atoms with Crippen molar-refractivity contribution >= 4 is 0 Å². The van der Waals surface area contributed by atoms with Gasteiger partial charge in [-0.15, -0.1) is 0 Å². The molecule has 16 heavy (non-hydrogen) atoms. The molecule has 0 bridgehead atoms. The van der Waals surface area contributed by atoms with Gasteiger partial charge in [0.05, 0.1) is 18.6 Å². The maximum Gasteiger partial charge on any atom is 0.115 e. The van der Waals surface area contributed by atoms with Gasteiger partial charge >= 0.3 is 0 Å². The topological polar surface area (TPSA) is 34.4 Å². The van der Waals surface area contributed by atoms with Gasteiger partial charge in [0.25, 0.3) is 0 Å². The van der Waals surface area contributed by atoms with Gasteiger partial charge in [0.15, 0.2) is 0 Å². The average Bonchev–Trinajstić information content (AvgIpc) is 2.65. The SMILES string of the molecule is Cc1ccc(C2(C3CCCNC3)COC2)o1. The second kappa shape index (κ2) is 3.90. The maximum absolute atomic E-state index is 5.84. The number of furan rings is 1. The summed E-state index contributed by atoms with van der Waals surface area (Å²) in [6, 6.07) is 4.19. The van der Waals surface area contributed by atoms with Crippen LogP contribution in [0.1, 0.15) is 24.4 Å². The lowest BCUT2D eigenvalue weighted by Gasteiger charge is -2.47. The Morgan fingerprint density at radius 2 is 2.25 bits per heavy atom. The molecule has 3 nitrogen and oxygen atoms in total. The highest BCUT2D eigenvalue weighted by atomic mass is 16.5. The first-order chi connectivity index (χ1) is 7.81. The maximum atomic E-state index is 5.84. The molecule has 1 unspecified atom stereocenters. The molecule has 0 amide bonds. The molecular weight excluding hydrogens is 202 g/mol. The highest BCUT2D eigenvalue weighted by Gasteiger charge is 2.49. The summed E-state index contributed by atoms with van der Waals surface area (Å²) in [5.41, 5.74) is 0.154. The standard InChI is InChI=1S/C13H19NO2/c1-10-4-5-12(16-10)13(8-15-9-13)11-3-2-6-14-7-11/h4-5,11,14H,2-3,6-9H2,1H3. The van der Waals surface area contributed by atoms with E-state index >= 15 is 0 Å². The predicted molar refractivity (Wildman–Crippen MR) is 61.5 cm³/mol. The molecule has 2 aliphatic heterocycles. The fourth-order valence-corrected chi connectivity index (χ4v) is 2.93. The van der Waals surface area contributed by atoms with Crippen molar-refractivity contribution in [1.29, 1.82) is 0 Å². The second-order valence-corrected chi connectivity index (χ2v) is 5.10. The summed E-state index contributed by atoms with van der Waals surface area (Å²) >= 11 is 0. The Bertz CT molecular complexity index is 362. The summed E-state index contributed by atoms with van der Waals surface area (Å²) in [4.78, 5) is 0. The minimum Gasteiger partial charge on any atom is -0.466 e. The fraction of sp³-hybridized carbons (Fsp3) is 0.692. The van der Waals surface area contributed by atoms with Gasteiger partial charge in [0.2, 0.25) is 0 Å². The van der Waals surface area contributed by atoms with E-state index in [1.165, 1.54) is 12.8 Å². The third-order valence-corrected chi connectivity index (χ3v) is 4.03. The third kappa shape index (κ3) is 1.50. The van der Waals surface area contributed by atoms with Crippen molar-refractivity contribution in [2.45, 2.75) is 25.2 Å². The van der Waals surface area contributed by atoms with Crippen LogP contribution >= 0.6 is 0 Å². The third-order valence-electron chi connectivity index (χ3n) is 4.03. The van der Waals surface area contributed by atoms with Gasteiger partial charge in [-0.2, -0.15) is 0 Å². The lowest BCUT2D eigenvalue weighted by molar-refractivity contribution is -0.105. The first kappa shape index (κ1) is 10.4. The molecule has 2 saturated heterocycles. The minimum absolute atomic E-state index is 0.154. The normalized spacial score (nSPS) is 28.7. The zero-order valence-electron chi connectivity index (χ0n) is 9.79. The smallest absolute Gasteiger partial charge is 0.115 e. The molecule has 0 aromatic carbocycles. The fourth-order valence-electron chi connectivity index (χ4n) is 2.93. The van der Waals surface area contributed by atoms with E-state index in [-0.39, 0.29) is 5.41 Å². The molecule has 1 N–H and O–H groups in total. The first-order valence-corrected chi connectivity index (χ1v) is 6.17. The van der Waals surface area contributed by atoms with E-state index in [9.17, 15) is 0 Å². The van der Waals surface area contributed by atoms with Gasteiger partial charge in [-0.05, 0) is 50.9 Å². The lowest BCUT2D eigenvalue weighted by atomic mass is 9.69. The zero-order chi connectivity index (χ0) is 11.0. The Hall–Kier alpha value is -0.800. The molecule has 1 aromatic rings. The van der Waals surface area contributed by atoms with Crippen LogP contribution in [0.2, 0.25) is 0 Å². The number of hydrogen-bond acceptors (Lipinski definition) is 3. The summed E-state index contributed by atoms with van der Waals surface area (Å²) in [6.07, 6.45) is 2.56. The summed E-state index contributed by atoms with van der Waals surface area (Å²) in [7, 11) is 0. The molecule has 0 spiro atoms. The van der Waals surface area contributed by atoms with Crippen LogP contribution in [-0.2, 0) is 10.2 Å². The van der Waals surface area contributed by atoms with Crippen molar-refractivity contribution in [3.05, 3.63) is 23.7 Å². The molecule has 1 aromatic heterocycles. The highest BCUT2D eigenvalue weighted by Crippen LogP contribution is 2.42. The number of hydrogen-bond donors (Lipinski definition) is 1. The van der Waals surface area contributed by atoms with Gasteiger partial charge in [-0.1, -0.05) is 0 Å². The molecule has 1 atom stereocenters. The number of piperidine rings is 1. The van der Waals surface area contributed by atoms with Crippen LogP contribution in [0.4, 0.5) is 0 Å². The van der Waals surface area contributed by atoms with Crippen molar-refractivity contribution in [3.8, 4) is 0 Å². The minimum atomic E-state index is 0.154. The van der Waals surface area contributed by atoms with E-state index in [2.05, 4.69) is 17.4 Å². The van der Waals surface area contributed by atoms with Crippen LogP contribution in [0.3, 0.4) is 0 Å². The molecule has 2 aliphatic rings. The Kier molecular flexibility index (Phi) is 2.52. The lowest BCUT2D eigenvalue weighted by Crippen LogP contribution is -2.56. The second-order valence-electron chi connectivity index (χ2n) is 5.10. The van der Waals surface area contributed by atoms with Crippen LogP contribution in [0.25, 0.3) is 0 Å². The van der Waals surface area contributed by atoms with Crippen LogP contribution in [-0.4, -0.2) is 26.3 Å². The number of ether oxygens (including phenoxy) is 1. The zero-order valence-corrected chi connectivity index (χ0v) is 9.79. The van der Waals surface area contributed by atoms with E-state index in [1.807, 2.05) is 6.92 Å². The van der Waals surface area contributed by atoms with Crippen molar-refractivity contribution in [1.82, 2.24) is 5.32 Å². The molecule has 0 radical (unpaired) electrons. The molecule has 2 fully saturated rings. The monoisotopic (exact) mass is 221 g/mol. The van der Waals surface area contributed by atoms with Gasteiger partial charge in [0, 0.05) is 0 Å². The van der Waals surface area contributed by atoms with E-state index in [1.54, 1.807) is 0 Å². The van der Waals surface area contributed by atoms with Crippen LogP contribution in [0, 0.1) is 12.8 Å². The van der Waals surface area contributed by atoms with Gasteiger partial charge in [-0.25, -0.2) is 0 Å². The molecule has 3 heteroatoms. The van der Waals surface area contributed by atoms with E-state index < -0.39 is 0 Å². The molecule has 3 heterocycles. The molecular formula is C13H19NO2. The van der Waals surface area contributed by atoms with Crippen LogP contribution in [0.5, 0.6) is 0 Å². The van der Waals surface area contributed by atoms with Crippen molar-refractivity contribution < 1.29 is 9.15 Å². The van der Waals surface area contributed by atoms with Gasteiger partial charge < -0.3 is 14.5 Å². The number of nitrogens with one attached hydrogen (secondary N) is 1. The van der Waals surface area contributed by atoms with E-state index in [0.717, 1.165) is 37.8 Å². The van der Waals surface area contributed by atoms with Crippen LogP contribution in [0.15, 0.2) is 16.5 Å².